The standard InChI is InChI=1S/C13H15N3O/c17-13-11(8-16-7-6-14-9-16)4-3-10-2-1-5-15-12(10)13/h1-5,14,17H,6-9H2. The maximum Gasteiger partial charge on any atom is 0.146 e. The Labute approximate surface area is 99.9 Å². The summed E-state index contributed by atoms with van der Waals surface area (Å²) in [5.74, 6) is 0.315. The maximum absolute atomic E-state index is 10.2. The van der Waals surface area contributed by atoms with Crippen molar-refractivity contribution in [1.82, 2.24) is 15.2 Å². The van der Waals surface area contributed by atoms with Crippen molar-refractivity contribution in [3.05, 3.63) is 36.0 Å². The number of aromatic hydroxyl groups is 1. The molecule has 0 aliphatic carbocycles. The first kappa shape index (κ1) is 10.5. The largest absolute Gasteiger partial charge is 0.505 e. The number of hydrogen-bond donors (Lipinski definition) is 2. The van der Waals surface area contributed by atoms with E-state index in [1.807, 2.05) is 24.3 Å². The number of aromatic nitrogens is 1. The van der Waals surface area contributed by atoms with Crippen LogP contribution in [0.2, 0.25) is 0 Å². The lowest BCUT2D eigenvalue weighted by molar-refractivity contribution is 0.321. The van der Waals surface area contributed by atoms with Gasteiger partial charge in [0.25, 0.3) is 0 Å². The minimum atomic E-state index is 0.315. The second-order valence-electron chi connectivity index (χ2n) is 4.36. The molecule has 0 radical (unpaired) electrons. The van der Waals surface area contributed by atoms with E-state index in [-0.39, 0.29) is 0 Å². The van der Waals surface area contributed by atoms with Crippen LogP contribution in [0.5, 0.6) is 5.75 Å². The molecule has 1 aromatic carbocycles. The molecule has 3 rings (SSSR count). The van der Waals surface area contributed by atoms with E-state index in [2.05, 4.69) is 15.2 Å². The first-order chi connectivity index (χ1) is 8.34. The number of pyridine rings is 1. The van der Waals surface area contributed by atoms with Gasteiger partial charge in [0.05, 0.1) is 0 Å². The molecule has 0 bridgehead atoms. The highest BCUT2D eigenvalue weighted by atomic mass is 16.3. The summed E-state index contributed by atoms with van der Waals surface area (Å²) in [6, 6.07) is 7.84. The topological polar surface area (TPSA) is 48.4 Å². The van der Waals surface area contributed by atoms with Crippen molar-refractivity contribution in [2.24, 2.45) is 0 Å². The number of nitrogens with zero attached hydrogens (tertiary/aromatic N) is 2. The molecule has 1 aromatic heterocycles. The third-order valence-corrected chi connectivity index (χ3v) is 3.17. The lowest BCUT2D eigenvalue weighted by Gasteiger charge is -2.15. The van der Waals surface area contributed by atoms with Crippen molar-refractivity contribution in [3.8, 4) is 5.75 Å². The quantitative estimate of drug-likeness (QED) is 0.815. The highest BCUT2D eigenvalue weighted by molar-refractivity contribution is 5.85. The van der Waals surface area contributed by atoms with Gasteiger partial charge in [-0.05, 0) is 6.07 Å². The molecular formula is C13H15N3O. The Bertz CT molecular complexity index is 535. The molecule has 0 amide bonds. The first-order valence-corrected chi connectivity index (χ1v) is 5.83. The van der Waals surface area contributed by atoms with Crippen molar-refractivity contribution >= 4 is 10.9 Å². The molecule has 0 spiro atoms. The predicted molar refractivity (Wildman–Crippen MR) is 66.7 cm³/mol. The van der Waals surface area contributed by atoms with Crippen LogP contribution >= 0.6 is 0 Å². The summed E-state index contributed by atoms with van der Waals surface area (Å²) in [5, 5.41) is 14.5. The Morgan fingerprint density at radius 1 is 1.35 bits per heavy atom. The van der Waals surface area contributed by atoms with E-state index in [0.29, 0.717) is 11.3 Å². The summed E-state index contributed by atoms with van der Waals surface area (Å²) in [5.41, 5.74) is 1.64. The minimum absolute atomic E-state index is 0.315. The zero-order valence-corrected chi connectivity index (χ0v) is 9.56. The van der Waals surface area contributed by atoms with E-state index in [1.165, 1.54) is 0 Å². The Morgan fingerprint density at radius 3 is 3.12 bits per heavy atom. The van der Waals surface area contributed by atoms with E-state index in [1.54, 1.807) is 6.20 Å². The fourth-order valence-corrected chi connectivity index (χ4v) is 2.23. The highest BCUT2D eigenvalue weighted by Crippen LogP contribution is 2.27. The second kappa shape index (κ2) is 4.31. The van der Waals surface area contributed by atoms with E-state index in [0.717, 1.165) is 37.3 Å². The van der Waals surface area contributed by atoms with Gasteiger partial charge in [0.1, 0.15) is 11.3 Å². The number of rotatable bonds is 2. The zero-order chi connectivity index (χ0) is 11.7. The number of fused-ring (bicyclic) bond motifs is 1. The van der Waals surface area contributed by atoms with Gasteiger partial charge in [0.2, 0.25) is 0 Å². The van der Waals surface area contributed by atoms with Crippen molar-refractivity contribution < 1.29 is 5.11 Å². The summed E-state index contributed by atoms with van der Waals surface area (Å²) >= 11 is 0. The van der Waals surface area contributed by atoms with Crippen molar-refractivity contribution in [3.63, 3.8) is 0 Å². The van der Waals surface area contributed by atoms with Crippen molar-refractivity contribution in [2.45, 2.75) is 6.54 Å². The molecule has 1 aliphatic heterocycles. The third-order valence-electron chi connectivity index (χ3n) is 3.17. The van der Waals surface area contributed by atoms with Gasteiger partial charge >= 0.3 is 0 Å². The number of phenolic OH excluding ortho intramolecular Hbond substituents is 1. The Morgan fingerprint density at radius 2 is 2.29 bits per heavy atom. The fraction of sp³-hybridized carbons (Fsp3) is 0.308. The Kier molecular flexibility index (Phi) is 2.66. The SMILES string of the molecule is Oc1c(CN2CCNC2)ccc2cccnc12. The van der Waals surface area contributed by atoms with Crippen LogP contribution in [0.3, 0.4) is 0 Å². The average Bonchev–Trinajstić information content (AvgIpc) is 2.86. The normalized spacial score (nSPS) is 16.7. The van der Waals surface area contributed by atoms with E-state index in [4.69, 9.17) is 0 Å². The monoisotopic (exact) mass is 229 g/mol. The minimum Gasteiger partial charge on any atom is -0.505 e. The van der Waals surface area contributed by atoms with Crippen LogP contribution in [-0.4, -0.2) is 34.7 Å². The molecule has 0 unspecified atom stereocenters. The molecule has 2 aromatic rings. The molecule has 4 nitrogen and oxygen atoms in total. The van der Waals surface area contributed by atoms with E-state index >= 15 is 0 Å². The van der Waals surface area contributed by atoms with Gasteiger partial charge in [0.15, 0.2) is 0 Å². The maximum atomic E-state index is 10.2. The number of phenols is 1. The lowest BCUT2D eigenvalue weighted by Crippen LogP contribution is -2.21. The van der Waals surface area contributed by atoms with Gasteiger partial charge in [0, 0.05) is 43.4 Å². The van der Waals surface area contributed by atoms with Crippen LogP contribution < -0.4 is 5.32 Å². The molecule has 0 atom stereocenters. The number of nitrogens with one attached hydrogen (secondary N) is 1. The summed E-state index contributed by atoms with van der Waals surface area (Å²) in [4.78, 5) is 6.50. The van der Waals surface area contributed by atoms with E-state index in [9.17, 15) is 5.11 Å². The number of benzene rings is 1. The molecule has 1 fully saturated rings. The molecular weight excluding hydrogens is 214 g/mol. The average molecular weight is 229 g/mol. The fourth-order valence-electron chi connectivity index (χ4n) is 2.23. The Hall–Kier alpha value is -1.65. The Balaban J connectivity index is 1.96. The van der Waals surface area contributed by atoms with Gasteiger partial charge in [-0.3, -0.25) is 9.88 Å². The summed E-state index contributed by atoms with van der Waals surface area (Å²) in [6.45, 7) is 3.71. The molecule has 1 saturated heterocycles. The van der Waals surface area contributed by atoms with Crippen molar-refractivity contribution in [1.29, 1.82) is 0 Å². The molecule has 1 aliphatic rings. The van der Waals surface area contributed by atoms with E-state index < -0.39 is 0 Å². The summed E-state index contributed by atoms with van der Waals surface area (Å²) in [6.07, 6.45) is 1.71. The van der Waals surface area contributed by atoms with Crippen LogP contribution in [0.4, 0.5) is 0 Å². The third kappa shape index (κ3) is 1.97. The van der Waals surface area contributed by atoms with Gasteiger partial charge in [-0.2, -0.15) is 0 Å². The van der Waals surface area contributed by atoms with Gasteiger partial charge in [-0.1, -0.05) is 18.2 Å². The van der Waals surface area contributed by atoms with Crippen molar-refractivity contribution in [2.75, 3.05) is 19.8 Å². The molecule has 0 saturated carbocycles. The van der Waals surface area contributed by atoms with Crippen LogP contribution in [0.1, 0.15) is 5.56 Å². The smallest absolute Gasteiger partial charge is 0.146 e. The highest BCUT2D eigenvalue weighted by Gasteiger charge is 2.14. The second-order valence-corrected chi connectivity index (χ2v) is 4.36. The van der Waals surface area contributed by atoms with Crippen LogP contribution in [0.25, 0.3) is 10.9 Å². The van der Waals surface area contributed by atoms with Crippen LogP contribution in [0.15, 0.2) is 30.5 Å². The molecule has 2 heterocycles. The van der Waals surface area contributed by atoms with Crippen LogP contribution in [0, 0.1) is 0 Å². The van der Waals surface area contributed by atoms with Gasteiger partial charge in [-0.25, -0.2) is 0 Å². The zero-order valence-electron chi connectivity index (χ0n) is 9.56. The molecule has 2 N–H and O–H groups in total. The summed E-state index contributed by atoms with van der Waals surface area (Å²) in [7, 11) is 0. The summed E-state index contributed by atoms with van der Waals surface area (Å²) < 4.78 is 0. The predicted octanol–water partition coefficient (Wildman–Crippen LogP) is 1.30. The van der Waals surface area contributed by atoms with Gasteiger partial charge in [-0.15, -0.1) is 0 Å². The number of hydrogen-bond acceptors (Lipinski definition) is 4. The molecule has 17 heavy (non-hydrogen) atoms. The lowest BCUT2D eigenvalue weighted by atomic mass is 10.1. The van der Waals surface area contributed by atoms with Gasteiger partial charge < -0.3 is 10.4 Å². The molecule has 88 valence electrons. The first-order valence-electron chi connectivity index (χ1n) is 5.83. The molecule has 4 heteroatoms. The van der Waals surface area contributed by atoms with Crippen LogP contribution in [-0.2, 0) is 6.54 Å².